The van der Waals surface area contributed by atoms with E-state index in [1.165, 1.54) is 18.2 Å². The van der Waals surface area contributed by atoms with Gasteiger partial charge in [0.2, 0.25) is 5.88 Å². The Labute approximate surface area is 115 Å². The number of nitrogens with zero attached hydrogens (tertiary/aromatic N) is 1. The number of aromatic nitrogens is 1. The van der Waals surface area contributed by atoms with Gasteiger partial charge in [-0.1, -0.05) is 16.8 Å². The highest BCUT2D eigenvalue weighted by Gasteiger charge is 2.18. The Balaban J connectivity index is 2.40. The minimum atomic E-state index is -3.81. The van der Waals surface area contributed by atoms with Gasteiger partial charge in [-0.25, -0.2) is 13.1 Å². The molecule has 0 aliphatic heterocycles. The van der Waals surface area contributed by atoms with Gasteiger partial charge in [-0.2, -0.15) is 0 Å². The van der Waals surface area contributed by atoms with Crippen LogP contribution >= 0.6 is 11.6 Å². The van der Waals surface area contributed by atoms with Gasteiger partial charge in [0.05, 0.1) is 10.6 Å². The summed E-state index contributed by atoms with van der Waals surface area (Å²) in [6, 6.07) is 4.14. The molecule has 0 fully saturated rings. The number of aryl methyl sites for hydroxylation is 1. The number of hydrogen-bond acceptors (Lipinski definition) is 5. The summed E-state index contributed by atoms with van der Waals surface area (Å²) in [7, 11) is -3.81. The summed E-state index contributed by atoms with van der Waals surface area (Å²) in [6.07, 6.45) is 0. The van der Waals surface area contributed by atoms with Gasteiger partial charge in [0.1, 0.15) is 0 Å². The first-order chi connectivity index (χ1) is 8.79. The molecule has 1 aromatic heterocycles. The van der Waals surface area contributed by atoms with E-state index in [0.717, 1.165) is 0 Å². The predicted octanol–water partition coefficient (Wildman–Crippen LogP) is 2.33. The Kier molecular flexibility index (Phi) is 3.42. The molecule has 0 saturated heterocycles. The molecule has 0 bridgehead atoms. The van der Waals surface area contributed by atoms with Crippen molar-refractivity contribution in [2.24, 2.45) is 0 Å². The second kappa shape index (κ2) is 4.75. The van der Waals surface area contributed by atoms with Crippen molar-refractivity contribution in [3.63, 3.8) is 0 Å². The quantitative estimate of drug-likeness (QED) is 0.848. The first-order valence-electron chi connectivity index (χ1n) is 5.31. The van der Waals surface area contributed by atoms with E-state index >= 15 is 0 Å². The number of halogens is 1. The van der Waals surface area contributed by atoms with Crippen LogP contribution in [0, 0.1) is 13.8 Å². The fraction of sp³-hybridized carbons (Fsp3) is 0.182. The molecule has 1 heterocycles. The lowest BCUT2D eigenvalue weighted by Crippen LogP contribution is -2.13. The van der Waals surface area contributed by atoms with Crippen LogP contribution in [0.1, 0.15) is 11.3 Å². The molecule has 0 unspecified atom stereocenters. The molecule has 0 atom stereocenters. The lowest BCUT2D eigenvalue weighted by atomic mass is 10.2. The van der Waals surface area contributed by atoms with E-state index in [1.54, 1.807) is 13.8 Å². The van der Waals surface area contributed by atoms with E-state index in [-0.39, 0.29) is 15.8 Å². The van der Waals surface area contributed by atoms with Crippen molar-refractivity contribution in [1.29, 1.82) is 0 Å². The minimum absolute atomic E-state index is 0.0327. The van der Waals surface area contributed by atoms with Crippen LogP contribution in [0.15, 0.2) is 27.6 Å². The van der Waals surface area contributed by atoms with Crippen molar-refractivity contribution in [2.45, 2.75) is 18.7 Å². The van der Waals surface area contributed by atoms with E-state index < -0.39 is 10.0 Å². The molecular weight excluding hydrogens is 290 g/mol. The lowest BCUT2D eigenvalue weighted by Gasteiger charge is -2.08. The zero-order valence-electron chi connectivity index (χ0n) is 10.3. The number of nitrogens with one attached hydrogen (secondary N) is 1. The second-order valence-corrected chi connectivity index (χ2v) is 6.15. The van der Waals surface area contributed by atoms with Crippen LogP contribution in [0.25, 0.3) is 0 Å². The zero-order chi connectivity index (χ0) is 14.2. The predicted molar refractivity (Wildman–Crippen MR) is 72.6 cm³/mol. The first kappa shape index (κ1) is 13.7. The van der Waals surface area contributed by atoms with E-state index in [2.05, 4.69) is 9.88 Å². The van der Waals surface area contributed by atoms with Crippen molar-refractivity contribution in [1.82, 2.24) is 5.16 Å². The fourth-order valence-corrected chi connectivity index (χ4v) is 2.76. The highest BCUT2D eigenvalue weighted by Crippen LogP contribution is 2.27. The Morgan fingerprint density at radius 2 is 2.00 bits per heavy atom. The molecule has 0 amide bonds. The summed E-state index contributed by atoms with van der Waals surface area (Å²) in [6.45, 7) is 3.39. The van der Waals surface area contributed by atoms with Gasteiger partial charge in [0.25, 0.3) is 10.0 Å². The van der Waals surface area contributed by atoms with Crippen molar-refractivity contribution in [2.75, 3.05) is 10.5 Å². The lowest BCUT2D eigenvalue weighted by molar-refractivity contribution is 0.430. The third-order valence-corrected chi connectivity index (χ3v) is 4.25. The Morgan fingerprint density at radius 3 is 2.53 bits per heavy atom. The number of sulfonamides is 1. The van der Waals surface area contributed by atoms with Crippen molar-refractivity contribution in [3.8, 4) is 0 Å². The fourth-order valence-electron chi connectivity index (χ4n) is 1.43. The summed E-state index contributed by atoms with van der Waals surface area (Å²) in [5, 5.41) is 3.88. The van der Waals surface area contributed by atoms with Crippen LogP contribution in [-0.2, 0) is 10.0 Å². The van der Waals surface area contributed by atoms with Gasteiger partial charge in [-0.05, 0) is 31.5 Å². The summed E-state index contributed by atoms with van der Waals surface area (Å²) < 4.78 is 31.3. The first-order valence-corrected chi connectivity index (χ1v) is 7.17. The number of benzene rings is 1. The summed E-state index contributed by atoms with van der Waals surface area (Å²) >= 11 is 5.92. The Bertz CT molecular complexity index is 702. The average Bonchev–Trinajstić information content (AvgIpc) is 2.70. The molecular formula is C11H12ClN3O3S. The van der Waals surface area contributed by atoms with Crippen molar-refractivity contribution >= 4 is 33.2 Å². The maximum atomic E-state index is 12.1. The van der Waals surface area contributed by atoms with Gasteiger partial charge in [-0.3, -0.25) is 0 Å². The van der Waals surface area contributed by atoms with Gasteiger partial charge in [-0.15, -0.1) is 0 Å². The number of nitrogens with two attached hydrogens (primary N) is 1. The Hall–Kier alpha value is -1.73. The molecule has 0 aliphatic carbocycles. The third kappa shape index (κ3) is 2.82. The van der Waals surface area contributed by atoms with Crippen LogP contribution in [0.3, 0.4) is 0 Å². The maximum absolute atomic E-state index is 12.1. The molecule has 2 rings (SSSR count). The third-order valence-electron chi connectivity index (χ3n) is 2.53. The molecule has 6 nitrogen and oxygen atoms in total. The smallest absolute Gasteiger partial charge is 0.264 e. The summed E-state index contributed by atoms with van der Waals surface area (Å²) in [5.41, 5.74) is 7.21. The van der Waals surface area contributed by atoms with E-state index in [0.29, 0.717) is 16.9 Å². The van der Waals surface area contributed by atoms with Gasteiger partial charge >= 0.3 is 0 Å². The number of rotatable bonds is 3. The van der Waals surface area contributed by atoms with Crippen LogP contribution in [0.4, 0.5) is 11.6 Å². The molecule has 19 heavy (non-hydrogen) atoms. The SMILES string of the molecule is Cc1cc(NS(=O)(=O)c2cc(N)c(C)c(Cl)c2)on1. The van der Waals surface area contributed by atoms with E-state index in [4.69, 9.17) is 21.9 Å². The standard InChI is InChI=1S/C11H12ClN3O3S/c1-6-3-11(18-14-6)15-19(16,17)8-4-9(12)7(2)10(13)5-8/h3-5,15H,13H2,1-2H3. The molecule has 2 aromatic rings. The highest BCUT2D eigenvalue weighted by molar-refractivity contribution is 7.92. The topological polar surface area (TPSA) is 98.2 Å². The van der Waals surface area contributed by atoms with E-state index in [9.17, 15) is 8.42 Å². The van der Waals surface area contributed by atoms with Crippen LogP contribution in [-0.4, -0.2) is 13.6 Å². The molecule has 0 aliphatic rings. The zero-order valence-corrected chi connectivity index (χ0v) is 11.8. The van der Waals surface area contributed by atoms with Crippen LogP contribution in [0.5, 0.6) is 0 Å². The van der Waals surface area contributed by atoms with Crippen molar-refractivity contribution < 1.29 is 12.9 Å². The Morgan fingerprint density at radius 1 is 1.32 bits per heavy atom. The van der Waals surface area contributed by atoms with Gasteiger partial charge in [0, 0.05) is 16.8 Å². The molecule has 8 heteroatoms. The van der Waals surface area contributed by atoms with Gasteiger partial charge in [0.15, 0.2) is 0 Å². The summed E-state index contributed by atoms with van der Waals surface area (Å²) in [4.78, 5) is -0.0327. The maximum Gasteiger partial charge on any atom is 0.264 e. The molecule has 1 aromatic carbocycles. The number of anilines is 2. The second-order valence-electron chi connectivity index (χ2n) is 4.06. The molecule has 102 valence electrons. The monoisotopic (exact) mass is 301 g/mol. The summed E-state index contributed by atoms with van der Waals surface area (Å²) in [5.74, 6) is 0.0350. The molecule has 0 saturated carbocycles. The normalized spacial score (nSPS) is 11.5. The molecule has 0 radical (unpaired) electrons. The minimum Gasteiger partial charge on any atom is -0.398 e. The number of hydrogen-bond donors (Lipinski definition) is 2. The van der Waals surface area contributed by atoms with Crippen molar-refractivity contribution in [3.05, 3.63) is 34.5 Å². The van der Waals surface area contributed by atoms with Crippen LogP contribution in [0.2, 0.25) is 5.02 Å². The van der Waals surface area contributed by atoms with Crippen LogP contribution < -0.4 is 10.5 Å². The highest BCUT2D eigenvalue weighted by atomic mass is 35.5. The van der Waals surface area contributed by atoms with Gasteiger partial charge < -0.3 is 10.3 Å². The number of nitrogen functional groups attached to an aromatic ring is 1. The van der Waals surface area contributed by atoms with E-state index in [1.807, 2.05) is 0 Å². The average molecular weight is 302 g/mol. The largest absolute Gasteiger partial charge is 0.398 e. The molecule has 0 spiro atoms. The molecule has 3 N–H and O–H groups in total.